The highest BCUT2D eigenvalue weighted by Gasteiger charge is 2.11. The molecule has 3 rings (SSSR count). The Labute approximate surface area is 148 Å². The lowest BCUT2D eigenvalue weighted by molar-refractivity contribution is 0.254. The number of nitrogens with one attached hydrogen (secondary N) is 2. The van der Waals surface area contributed by atoms with Gasteiger partial charge in [0.15, 0.2) is 5.13 Å². The Balaban J connectivity index is 1.76. The molecule has 4 N–H and O–H groups in total. The second kappa shape index (κ2) is 7.22. The molecule has 0 spiro atoms. The van der Waals surface area contributed by atoms with Crippen molar-refractivity contribution in [3.05, 3.63) is 36.0 Å². The van der Waals surface area contributed by atoms with Gasteiger partial charge in [-0.25, -0.2) is 14.8 Å². The molecule has 8 nitrogen and oxygen atoms in total. The molecule has 0 radical (unpaired) electrons. The standard InChI is InChI=1S/C16H17N5O3S/c1-18-16(22)20-13-5-9(3-4-19-13)8-24-10-6-11(23-2)14-12(7-10)25-15(17)21-14/h3-7H,8H2,1-2H3,(H2,17,21)(H2,18,19,20,22). The SMILES string of the molecule is CNC(=O)Nc1cc(COc2cc(OC)c3nc(N)sc3c2)ccn1. The van der Waals surface area contributed by atoms with Crippen molar-refractivity contribution in [2.75, 3.05) is 25.2 Å². The maximum absolute atomic E-state index is 11.3. The lowest BCUT2D eigenvalue weighted by Crippen LogP contribution is -2.25. The molecule has 9 heteroatoms. The van der Waals surface area contributed by atoms with Gasteiger partial charge in [-0.2, -0.15) is 0 Å². The Morgan fingerprint density at radius 2 is 2.20 bits per heavy atom. The van der Waals surface area contributed by atoms with E-state index in [0.29, 0.717) is 29.1 Å². The number of rotatable bonds is 5. The number of ether oxygens (including phenoxy) is 2. The lowest BCUT2D eigenvalue weighted by Gasteiger charge is -2.10. The third-order valence-electron chi connectivity index (χ3n) is 3.37. The predicted octanol–water partition coefficient (Wildman–Crippen LogP) is 2.61. The van der Waals surface area contributed by atoms with Crippen LogP contribution in [-0.4, -0.2) is 30.2 Å². The lowest BCUT2D eigenvalue weighted by atomic mass is 10.2. The van der Waals surface area contributed by atoms with E-state index in [0.717, 1.165) is 15.8 Å². The molecule has 3 aromatic rings. The first-order chi connectivity index (χ1) is 12.1. The van der Waals surface area contributed by atoms with E-state index in [1.54, 1.807) is 25.4 Å². The molecule has 130 valence electrons. The number of nitrogens with zero attached hydrogens (tertiary/aromatic N) is 2. The molecule has 0 unspecified atom stereocenters. The maximum Gasteiger partial charge on any atom is 0.320 e. The molecule has 0 fully saturated rings. The average Bonchev–Trinajstić information content (AvgIpc) is 2.99. The zero-order chi connectivity index (χ0) is 17.8. The number of amides is 2. The number of fused-ring (bicyclic) bond motifs is 1. The molecule has 2 amide bonds. The molecular formula is C16H17N5O3S. The van der Waals surface area contributed by atoms with Gasteiger partial charge in [0.1, 0.15) is 29.4 Å². The second-order valence-electron chi connectivity index (χ2n) is 5.07. The topological polar surface area (TPSA) is 111 Å². The van der Waals surface area contributed by atoms with Gasteiger partial charge >= 0.3 is 6.03 Å². The zero-order valence-electron chi connectivity index (χ0n) is 13.7. The van der Waals surface area contributed by atoms with Gasteiger partial charge in [0.05, 0.1) is 11.8 Å². The molecule has 25 heavy (non-hydrogen) atoms. The van der Waals surface area contributed by atoms with E-state index in [2.05, 4.69) is 20.6 Å². The predicted molar refractivity (Wildman–Crippen MR) is 97.2 cm³/mol. The van der Waals surface area contributed by atoms with Crippen LogP contribution < -0.4 is 25.8 Å². The Morgan fingerprint density at radius 3 is 2.96 bits per heavy atom. The van der Waals surface area contributed by atoms with Crippen molar-refractivity contribution in [2.45, 2.75) is 6.61 Å². The minimum Gasteiger partial charge on any atom is -0.494 e. The van der Waals surface area contributed by atoms with Crippen molar-refractivity contribution < 1.29 is 14.3 Å². The minimum atomic E-state index is -0.330. The molecule has 0 saturated carbocycles. The van der Waals surface area contributed by atoms with E-state index in [9.17, 15) is 4.79 Å². The van der Waals surface area contributed by atoms with E-state index in [4.69, 9.17) is 15.2 Å². The van der Waals surface area contributed by atoms with Crippen molar-refractivity contribution in [2.24, 2.45) is 0 Å². The van der Waals surface area contributed by atoms with Gasteiger partial charge in [-0.05, 0) is 23.8 Å². The summed E-state index contributed by atoms with van der Waals surface area (Å²) in [6, 6.07) is 6.87. The van der Waals surface area contributed by atoms with Gasteiger partial charge in [0.25, 0.3) is 0 Å². The summed E-state index contributed by atoms with van der Waals surface area (Å²) in [6.45, 7) is 0.313. The van der Waals surface area contributed by atoms with E-state index >= 15 is 0 Å². The van der Waals surface area contributed by atoms with E-state index in [-0.39, 0.29) is 6.03 Å². The summed E-state index contributed by atoms with van der Waals surface area (Å²) in [7, 11) is 3.12. The number of benzene rings is 1. The summed E-state index contributed by atoms with van der Waals surface area (Å²) in [6.07, 6.45) is 1.61. The molecule has 0 atom stereocenters. The van der Waals surface area contributed by atoms with Gasteiger partial charge < -0.3 is 20.5 Å². The monoisotopic (exact) mass is 359 g/mol. The number of pyridine rings is 1. The Hall–Kier alpha value is -3.07. The number of thiazole rings is 1. The molecular weight excluding hydrogens is 342 g/mol. The van der Waals surface area contributed by atoms with Crippen LogP contribution in [0.5, 0.6) is 11.5 Å². The van der Waals surface area contributed by atoms with Crippen LogP contribution in [0.25, 0.3) is 10.2 Å². The molecule has 0 saturated heterocycles. The molecule has 1 aromatic carbocycles. The number of methoxy groups -OCH3 is 1. The summed E-state index contributed by atoms with van der Waals surface area (Å²) < 4.78 is 12.1. The number of nitrogen functional groups attached to an aromatic ring is 1. The number of aromatic nitrogens is 2. The van der Waals surface area contributed by atoms with Gasteiger partial charge in [-0.15, -0.1) is 0 Å². The van der Waals surface area contributed by atoms with Crippen molar-refractivity contribution in [1.82, 2.24) is 15.3 Å². The zero-order valence-corrected chi connectivity index (χ0v) is 14.5. The number of carbonyl (C=O) groups excluding carboxylic acids is 1. The van der Waals surface area contributed by atoms with Crippen molar-refractivity contribution >= 4 is 38.5 Å². The van der Waals surface area contributed by atoms with Crippen LogP contribution in [0.4, 0.5) is 15.7 Å². The van der Waals surface area contributed by atoms with Crippen LogP contribution >= 0.6 is 11.3 Å². The third kappa shape index (κ3) is 3.89. The van der Waals surface area contributed by atoms with Crippen molar-refractivity contribution in [3.8, 4) is 11.5 Å². The number of hydrogen-bond donors (Lipinski definition) is 3. The number of urea groups is 1. The molecule has 0 aliphatic rings. The summed E-state index contributed by atoms with van der Waals surface area (Å²) in [5, 5.41) is 5.57. The van der Waals surface area contributed by atoms with E-state index in [1.165, 1.54) is 18.4 Å². The summed E-state index contributed by atoms with van der Waals surface area (Å²) in [5.74, 6) is 1.70. The number of hydrogen-bond acceptors (Lipinski definition) is 7. The Morgan fingerprint density at radius 1 is 1.36 bits per heavy atom. The molecule has 2 heterocycles. The normalized spacial score (nSPS) is 10.5. The number of nitrogens with two attached hydrogens (primary N) is 1. The van der Waals surface area contributed by atoms with Crippen LogP contribution in [-0.2, 0) is 6.61 Å². The minimum absolute atomic E-state index is 0.313. The number of anilines is 2. The first-order valence-corrected chi connectivity index (χ1v) is 8.21. The quantitative estimate of drug-likeness (QED) is 0.646. The molecule has 0 bridgehead atoms. The van der Waals surface area contributed by atoms with Gasteiger partial charge in [0, 0.05) is 19.3 Å². The van der Waals surface area contributed by atoms with E-state index < -0.39 is 0 Å². The van der Waals surface area contributed by atoms with Crippen LogP contribution in [0.15, 0.2) is 30.5 Å². The highest BCUT2D eigenvalue weighted by molar-refractivity contribution is 7.22. The molecule has 0 aliphatic carbocycles. The van der Waals surface area contributed by atoms with Crippen molar-refractivity contribution in [3.63, 3.8) is 0 Å². The summed E-state index contributed by atoms with van der Waals surface area (Å²) in [5.41, 5.74) is 7.35. The van der Waals surface area contributed by atoms with Crippen LogP contribution in [0.2, 0.25) is 0 Å². The smallest absolute Gasteiger partial charge is 0.320 e. The highest BCUT2D eigenvalue weighted by Crippen LogP contribution is 2.35. The van der Waals surface area contributed by atoms with Gasteiger partial charge in [-0.3, -0.25) is 5.32 Å². The summed E-state index contributed by atoms with van der Waals surface area (Å²) >= 11 is 1.37. The van der Waals surface area contributed by atoms with Crippen LogP contribution in [0.1, 0.15) is 5.56 Å². The molecule has 2 aromatic heterocycles. The molecule has 0 aliphatic heterocycles. The number of carbonyl (C=O) groups is 1. The second-order valence-corrected chi connectivity index (χ2v) is 6.13. The fraction of sp³-hybridized carbons (Fsp3) is 0.188. The third-order valence-corrected chi connectivity index (χ3v) is 4.20. The van der Waals surface area contributed by atoms with Gasteiger partial charge in [0.2, 0.25) is 0 Å². The van der Waals surface area contributed by atoms with Crippen LogP contribution in [0, 0.1) is 0 Å². The highest BCUT2D eigenvalue weighted by atomic mass is 32.1. The Kier molecular flexibility index (Phi) is 4.85. The first-order valence-electron chi connectivity index (χ1n) is 7.39. The average molecular weight is 359 g/mol. The van der Waals surface area contributed by atoms with Crippen LogP contribution in [0.3, 0.4) is 0 Å². The first kappa shape index (κ1) is 16.8. The largest absolute Gasteiger partial charge is 0.494 e. The fourth-order valence-electron chi connectivity index (χ4n) is 2.21. The Bertz CT molecular complexity index is 912. The summed E-state index contributed by atoms with van der Waals surface area (Å²) in [4.78, 5) is 19.7. The fourth-order valence-corrected chi connectivity index (χ4v) is 2.99. The van der Waals surface area contributed by atoms with Crippen molar-refractivity contribution in [1.29, 1.82) is 0 Å². The maximum atomic E-state index is 11.3. The van der Waals surface area contributed by atoms with Gasteiger partial charge in [-0.1, -0.05) is 11.3 Å². The van der Waals surface area contributed by atoms with E-state index in [1.807, 2.05) is 12.1 Å².